The fraction of sp³-hybridized carbons (Fsp3) is 0.417. The molecular formula is C36H45NO2. The maximum absolute atomic E-state index is 11.3. The summed E-state index contributed by atoms with van der Waals surface area (Å²) in [5, 5.41) is 2.73. The van der Waals surface area contributed by atoms with Crippen LogP contribution in [0, 0.1) is 5.92 Å². The monoisotopic (exact) mass is 523 g/mol. The van der Waals surface area contributed by atoms with E-state index in [-0.39, 0.29) is 5.91 Å². The zero-order valence-electron chi connectivity index (χ0n) is 23.9. The molecule has 1 amide bonds. The van der Waals surface area contributed by atoms with Crippen LogP contribution in [0.5, 0.6) is 5.75 Å². The van der Waals surface area contributed by atoms with Gasteiger partial charge in [-0.2, -0.15) is 0 Å². The van der Waals surface area contributed by atoms with Crippen molar-refractivity contribution < 1.29 is 9.53 Å². The molecule has 1 saturated carbocycles. The van der Waals surface area contributed by atoms with Crippen molar-refractivity contribution in [2.75, 3.05) is 13.2 Å². The molecule has 3 aromatic rings. The third kappa shape index (κ3) is 8.08. The first kappa shape index (κ1) is 28.7. The second-order valence-electron chi connectivity index (χ2n) is 10.9. The Bertz CT molecular complexity index is 1190. The highest BCUT2D eigenvalue weighted by atomic mass is 16.5. The van der Waals surface area contributed by atoms with Gasteiger partial charge in [0, 0.05) is 0 Å². The predicted octanol–water partition coefficient (Wildman–Crippen LogP) is 9.12. The highest BCUT2D eigenvalue weighted by molar-refractivity contribution is 5.86. The maximum atomic E-state index is 11.3. The van der Waals surface area contributed by atoms with Gasteiger partial charge in [0.15, 0.2) is 0 Å². The van der Waals surface area contributed by atoms with Crippen molar-refractivity contribution in [1.82, 2.24) is 5.32 Å². The van der Waals surface area contributed by atoms with Crippen molar-refractivity contribution in [3.05, 3.63) is 90.5 Å². The number of aryl methyl sites for hydroxylation is 1. The van der Waals surface area contributed by atoms with Crippen molar-refractivity contribution in [3.8, 4) is 28.0 Å². The molecule has 3 nitrogen and oxygen atoms in total. The first-order valence-electron chi connectivity index (χ1n) is 15.0. The Hall–Kier alpha value is -3.33. The number of carbonyl (C=O) groups is 1. The van der Waals surface area contributed by atoms with E-state index in [0.29, 0.717) is 13.2 Å². The maximum Gasteiger partial charge on any atom is 0.243 e. The van der Waals surface area contributed by atoms with Crippen LogP contribution in [-0.2, 0) is 11.2 Å². The van der Waals surface area contributed by atoms with Crippen LogP contribution in [0.4, 0.5) is 0 Å². The molecule has 39 heavy (non-hydrogen) atoms. The van der Waals surface area contributed by atoms with Gasteiger partial charge >= 0.3 is 0 Å². The molecule has 0 radical (unpaired) electrons. The molecule has 1 fully saturated rings. The highest BCUT2D eigenvalue weighted by Gasteiger charge is 2.22. The summed E-state index contributed by atoms with van der Waals surface area (Å²) in [6.07, 6.45) is 13.3. The standard InChI is InChI=1S/C36H45NO2/c1-4-7-8-9-27-10-12-29(13-11-27)30-14-16-31(17-15-30)32-18-20-33(21-19-32)35-23-22-34(26-28(35)5-2)39-25-24-37-36(38)6-3/h6,14-23,26-27,29H,3-5,7-13,24-25H2,1-2H3,(H,37,38). The van der Waals surface area contributed by atoms with Crippen LogP contribution in [0.2, 0.25) is 0 Å². The number of rotatable bonds is 13. The summed E-state index contributed by atoms with van der Waals surface area (Å²) >= 11 is 0. The lowest BCUT2D eigenvalue weighted by Gasteiger charge is -2.29. The van der Waals surface area contributed by atoms with Crippen LogP contribution in [0.3, 0.4) is 0 Å². The Balaban J connectivity index is 1.34. The first-order chi connectivity index (χ1) is 19.1. The molecule has 0 atom stereocenters. The van der Waals surface area contributed by atoms with Crippen molar-refractivity contribution in [1.29, 1.82) is 0 Å². The number of unbranched alkanes of at least 4 members (excludes halogenated alkanes) is 2. The molecular weight excluding hydrogens is 478 g/mol. The summed E-state index contributed by atoms with van der Waals surface area (Å²) in [5.41, 5.74) is 7.75. The van der Waals surface area contributed by atoms with Gasteiger partial charge in [0.2, 0.25) is 5.91 Å². The molecule has 0 unspecified atom stereocenters. The molecule has 3 aromatic carbocycles. The molecule has 1 aliphatic rings. The Morgan fingerprint density at radius 3 is 2.21 bits per heavy atom. The minimum absolute atomic E-state index is 0.182. The van der Waals surface area contributed by atoms with Crippen molar-refractivity contribution in [2.45, 2.75) is 77.6 Å². The van der Waals surface area contributed by atoms with Gasteiger partial charge in [-0.25, -0.2) is 0 Å². The van der Waals surface area contributed by atoms with Gasteiger partial charge in [-0.3, -0.25) is 4.79 Å². The lowest BCUT2D eigenvalue weighted by molar-refractivity contribution is -0.116. The normalized spacial score (nSPS) is 17.0. The van der Waals surface area contributed by atoms with Crippen LogP contribution in [0.1, 0.15) is 82.3 Å². The summed E-state index contributed by atoms with van der Waals surface area (Å²) in [7, 11) is 0. The van der Waals surface area contributed by atoms with E-state index in [1.54, 1.807) is 0 Å². The summed E-state index contributed by atoms with van der Waals surface area (Å²) in [6.45, 7) is 8.81. The quantitative estimate of drug-likeness (QED) is 0.179. The second-order valence-corrected chi connectivity index (χ2v) is 10.9. The predicted molar refractivity (Wildman–Crippen MR) is 164 cm³/mol. The van der Waals surface area contributed by atoms with E-state index in [1.807, 2.05) is 6.07 Å². The fourth-order valence-electron chi connectivity index (χ4n) is 5.91. The van der Waals surface area contributed by atoms with Crippen LogP contribution in [0.25, 0.3) is 22.3 Å². The molecule has 0 heterocycles. The van der Waals surface area contributed by atoms with E-state index < -0.39 is 0 Å². The fourth-order valence-corrected chi connectivity index (χ4v) is 5.91. The van der Waals surface area contributed by atoms with Crippen molar-refractivity contribution >= 4 is 5.91 Å². The summed E-state index contributed by atoms with van der Waals surface area (Å²) in [5.74, 6) is 2.33. The Morgan fingerprint density at radius 1 is 0.897 bits per heavy atom. The highest BCUT2D eigenvalue weighted by Crippen LogP contribution is 2.38. The number of benzene rings is 3. The summed E-state index contributed by atoms with van der Waals surface area (Å²) < 4.78 is 5.84. The van der Waals surface area contributed by atoms with Gasteiger partial charge in [-0.05, 0) is 95.5 Å². The molecule has 1 aliphatic carbocycles. The van der Waals surface area contributed by atoms with E-state index >= 15 is 0 Å². The molecule has 1 N–H and O–H groups in total. The zero-order chi connectivity index (χ0) is 27.5. The first-order valence-corrected chi connectivity index (χ1v) is 15.0. The minimum atomic E-state index is -0.182. The minimum Gasteiger partial charge on any atom is -0.492 e. The number of hydrogen-bond donors (Lipinski definition) is 1. The van der Waals surface area contributed by atoms with E-state index in [0.717, 1.165) is 24.0 Å². The molecule has 3 heteroatoms. The summed E-state index contributed by atoms with van der Waals surface area (Å²) in [4.78, 5) is 11.3. The lowest BCUT2D eigenvalue weighted by Crippen LogP contribution is -2.26. The largest absolute Gasteiger partial charge is 0.492 e. The Labute approximate surface area is 235 Å². The molecule has 0 aliphatic heterocycles. The van der Waals surface area contributed by atoms with Crippen molar-refractivity contribution in [3.63, 3.8) is 0 Å². The molecule has 4 rings (SSSR count). The number of amides is 1. The Kier molecular flexibility index (Phi) is 10.8. The second kappa shape index (κ2) is 14.7. The van der Waals surface area contributed by atoms with Crippen molar-refractivity contribution in [2.24, 2.45) is 5.92 Å². The van der Waals surface area contributed by atoms with Gasteiger partial charge in [-0.15, -0.1) is 0 Å². The van der Waals surface area contributed by atoms with Crippen LogP contribution in [-0.4, -0.2) is 19.1 Å². The van der Waals surface area contributed by atoms with Gasteiger partial charge in [0.25, 0.3) is 0 Å². The molecule has 0 spiro atoms. The smallest absolute Gasteiger partial charge is 0.243 e. The Morgan fingerprint density at radius 2 is 1.56 bits per heavy atom. The molecule has 206 valence electrons. The topological polar surface area (TPSA) is 38.3 Å². The molecule has 0 aromatic heterocycles. The van der Waals surface area contributed by atoms with E-state index in [1.165, 1.54) is 90.8 Å². The zero-order valence-corrected chi connectivity index (χ0v) is 23.9. The molecule has 0 bridgehead atoms. The third-order valence-electron chi connectivity index (χ3n) is 8.29. The SMILES string of the molecule is C=CC(=O)NCCOc1ccc(-c2ccc(-c3ccc(C4CCC(CCCCC)CC4)cc3)cc2)c(CC)c1. The molecule has 0 saturated heterocycles. The average molecular weight is 524 g/mol. The number of nitrogens with one attached hydrogen (secondary N) is 1. The van der Waals surface area contributed by atoms with Crippen LogP contribution in [0.15, 0.2) is 79.4 Å². The van der Waals surface area contributed by atoms with E-state index in [9.17, 15) is 4.79 Å². The number of carbonyl (C=O) groups excluding carboxylic acids is 1. The van der Waals surface area contributed by atoms with Crippen LogP contribution >= 0.6 is 0 Å². The average Bonchev–Trinajstić information content (AvgIpc) is 3.00. The van der Waals surface area contributed by atoms with E-state index in [2.05, 4.69) is 86.4 Å². The summed E-state index contributed by atoms with van der Waals surface area (Å²) in [6, 6.07) is 24.5. The van der Waals surface area contributed by atoms with Crippen LogP contribution < -0.4 is 10.1 Å². The number of ether oxygens (including phenoxy) is 1. The lowest BCUT2D eigenvalue weighted by atomic mass is 9.77. The van der Waals surface area contributed by atoms with Gasteiger partial charge in [0.05, 0.1) is 6.54 Å². The third-order valence-corrected chi connectivity index (χ3v) is 8.29. The van der Waals surface area contributed by atoms with E-state index in [4.69, 9.17) is 4.74 Å². The van der Waals surface area contributed by atoms with Gasteiger partial charge in [0.1, 0.15) is 12.4 Å². The van der Waals surface area contributed by atoms with Gasteiger partial charge in [-0.1, -0.05) is 101 Å². The van der Waals surface area contributed by atoms with Gasteiger partial charge < -0.3 is 10.1 Å². The number of hydrogen-bond acceptors (Lipinski definition) is 2.